The van der Waals surface area contributed by atoms with Crippen molar-refractivity contribution in [3.8, 4) is 5.75 Å². The summed E-state index contributed by atoms with van der Waals surface area (Å²) in [7, 11) is 2.71. The van der Waals surface area contributed by atoms with E-state index in [1.165, 1.54) is 14.2 Å². The van der Waals surface area contributed by atoms with Gasteiger partial charge in [0.1, 0.15) is 0 Å². The van der Waals surface area contributed by atoms with Crippen LogP contribution in [0.2, 0.25) is 0 Å². The molecule has 0 unspecified atom stereocenters. The van der Waals surface area contributed by atoms with Gasteiger partial charge in [-0.3, -0.25) is 0 Å². The fraction of sp³-hybridized carbons (Fsp3) is 0.167. The molecule has 0 bridgehead atoms. The molecule has 0 radical (unpaired) electrons. The van der Waals surface area contributed by atoms with Crippen molar-refractivity contribution >= 4 is 16.9 Å². The Bertz CT molecular complexity index is 626. The zero-order valence-electron chi connectivity index (χ0n) is 9.35. The SMILES string of the molecule is COC(=O)c1cc(=O)oc2c(OC)cccc12. The van der Waals surface area contributed by atoms with Crippen LogP contribution in [0.4, 0.5) is 0 Å². The summed E-state index contributed by atoms with van der Waals surface area (Å²) in [5.41, 5.74) is -0.219. The van der Waals surface area contributed by atoms with E-state index >= 15 is 0 Å². The van der Waals surface area contributed by atoms with Gasteiger partial charge in [0.2, 0.25) is 0 Å². The van der Waals surface area contributed by atoms with Crippen molar-refractivity contribution in [2.45, 2.75) is 0 Å². The minimum Gasteiger partial charge on any atom is -0.493 e. The van der Waals surface area contributed by atoms with Crippen LogP contribution in [0.25, 0.3) is 11.0 Å². The van der Waals surface area contributed by atoms with E-state index in [1.54, 1.807) is 18.2 Å². The van der Waals surface area contributed by atoms with Crippen molar-refractivity contribution in [3.63, 3.8) is 0 Å². The highest BCUT2D eigenvalue weighted by atomic mass is 16.5. The van der Waals surface area contributed by atoms with E-state index in [4.69, 9.17) is 9.15 Å². The first-order chi connectivity index (χ1) is 8.17. The van der Waals surface area contributed by atoms with Crippen LogP contribution in [-0.2, 0) is 4.74 Å². The summed E-state index contributed by atoms with van der Waals surface area (Å²) < 4.78 is 14.7. The number of hydrogen-bond acceptors (Lipinski definition) is 5. The molecule has 0 N–H and O–H groups in total. The fourth-order valence-corrected chi connectivity index (χ4v) is 1.60. The third-order valence-corrected chi connectivity index (χ3v) is 2.36. The molecule has 0 spiro atoms. The van der Waals surface area contributed by atoms with Crippen LogP contribution in [0, 0.1) is 0 Å². The van der Waals surface area contributed by atoms with E-state index < -0.39 is 11.6 Å². The molecule has 2 aromatic rings. The van der Waals surface area contributed by atoms with Gasteiger partial charge in [-0.05, 0) is 6.07 Å². The molecule has 0 aliphatic carbocycles. The minimum atomic E-state index is -0.623. The number of para-hydroxylation sites is 1. The molecule has 2 rings (SSSR count). The first kappa shape index (κ1) is 11.2. The molecule has 0 aliphatic heterocycles. The Labute approximate surface area is 96.6 Å². The highest BCUT2D eigenvalue weighted by Crippen LogP contribution is 2.26. The van der Waals surface area contributed by atoms with Crippen LogP contribution in [0.15, 0.2) is 33.5 Å². The van der Waals surface area contributed by atoms with Crippen LogP contribution >= 0.6 is 0 Å². The first-order valence-corrected chi connectivity index (χ1v) is 4.86. The van der Waals surface area contributed by atoms with Crippen molar-refractivity contribution in [3.05, 3.63) is 40.2 Å². The standard InChI is InChI=1S/C12H10O5/c1-15-9-5-3-4-7-8(12(14)16-2)6-10(13)17-11(7)9/h3-6H,1-2H3. The van der Waals surface area contributed by atoms with Crippen LogP contribution in [0.5, 0.6) is 5.75 Å². The lowest BCUT2D eigenvalue weighted by molar-refractivity contribution is 0.0602. The number of carbonyl (C=O) groups excluding carboxylic acids is 1. The van der Waals surface area contributed by atoms with Crippen LogP contribution in [0.1, 0.15) is 10.4 Å². The molecule has 0 saturated carbocycles. The number of fused-ring (bicyclic) bond motifs is 1. The van der Waals surface area contributed by atoms with Gasteiger partial charge in [-0.25, -0.2) is 9.59 Å². The number of hydrogen-bond donors (Lipinski definition) is 0. The Morgan fingerprint density at radius 2 is 2.06 bits per heavy atom. The number of benzene rings is 1. The molecule has 0 amide bonds. The predicted molar refractivity (Wildman–Crippen MR) is 60.4 cm³/mol. The maximum absolute atomic E-state index is 11.5. The highest BCUT2D eigenvalue weighted by Gasteiger charge is 2.15. The second-order valence-corrected chi connectivity index (χ2v) is 3.31. The Morgan fingerprint density at radius 1 is 1.29 bits per heavy atom. The summed E-state index contributed by atoms with van der Waals surface area (Å²) in [4.78, 5) is 22.9. The van der Waals surface area contributed by atoms with Gasteiger partial charge in [0, 0.05) is 11.5 Å². The third kappa shape index (κ3) is 1.87. The van der Waals surface area contributed by atoms with Gasteiger partial charge in [0.05, 0.1) is 19.8 Å². The second kappa shape index (κ2) is 4.29. The van der Waals surface area contributed by atoms with Gasteiger partial charge >= 0.3 is 11.6 Å². The van der Waals surface area contributed by atoms with E-state index in [2.05, 4.69) is 4.74 Å². The lowest BCUT2D eigenvalue weighted by Gasteiger charge is -2.06. The number of ether oxygens (including phenoxy) is 2. The van der Waals surface area contributed by atoms with Crippen LogP contribution < -0.4 is 10.4 Å². The zero-order valence-corrected chi connectivity index (χ0v) is 9.35. The van der Waals surface area contributed by atoms with Crippen molar-refractivity contribution in [1.82, 2.24) is 0 Å². The minimum absolute atomic E-state index is 0.164. The molecule has 0 aliphatic rings. The molecule has 1 heterocycles. The summed E-state index contributed by atoms with van der Waals surface area (Å²) in [6.45, 7) is 0. The van der Waals surface area contributed by atoms with E-state index in [0.717, 1.165) is 6.07 Å². The van der Waals surface area contributed by atoms with Crippen LogP contribution in [-0.4, -0.2) is 20.2 Å². The quantitative estimate of drug-likeness (QED) is 0.583. The first-order valence-electron chi connectivity index (χ1n) is 4.86. The maximum Gasteiger partial charge on any atom is 0.338 e. The summed E-state index contributed by atoms with van der Waals surface area (Å²) in [5, 5.41) is 0.482. The molecule has 5 heteroatoms. The van der Waals surface area contributed by atoms with E-state index in [9.17, 15) is 9.59 Å². The smallest absolute Gasteiger partial charge is 0.338 e. The Hall–Kier alpha value is -2.30. The summed E-state index contributed by atoms with van der Waals surface area (Å²) in [5.74, 6) is -0.193. The average Bonchev–Trinajstić information content (AvgIpc) is 2.36. The normalized spacial score (nSPS) is 10.2. The van der Waals surface area contributed by atoms with E-state index in [-0.39, 0.29) is 11.1 Å². The van der Waals surface area contributed by atoms with Crippen molar-refractivity contribution < 1.29 is 18.7 Å². The summed E-state index contributed by atoms with van der Waals surface area (Å²) >= 11 is 0. The van der Waals surface area contributed by atoms with Crippen LogP contribution in [0.3, 0.4) is 0 Å². The molecular weight excluding hydrogens is 224 g/mol. The largest absolute Gasteiger partial charge is 0.493 e. The Kier molecular flexibility index (Phi) is 2.82. The number of rotatable bonds is 2. The molecule has 0 saturated heterocycles. The van der Waals surface area contributed by atoms with Crippen molar-refractivity contribution in [1.29, 1.82) is 0 Å². The summed E-state index contributed by atoms with van der Waals surface area (Å²) in [6.07, 6.45) is 0. The molecule has 0 atom stereocenters. The molecule has 1 aromatic carbocycles. The van der Waals surface area contributed by atoms with Gasteiger partial charge in [0.15, 0.2) is 11.3 Å². The van der Waals surface area contributed by atoms with Gasteiger partial charge in [-0.15, -0.1) is 0 Å². The lowest BCUT2D eigenvalue weighted by atomic mass is 10.1. The molecule has 5 nitrogen and oxygen atoms in total. The topological polar surface area (TPSA) is 65.7 Å². The number of methoxy groups -OCH3 is 2. The molecular formula is C12H10O5. The molecule has 1 aromatic heterocycles. The molecule has 88 valence electrons. The molecule has 0 fully saturated rings. The van der Waals surface area contributed by atoms with Gasteiger partial charge < -0.3 is 13.9 Å². The van der Waals surface area contributed by atoms with E-state index in [1.807, 2.05) is 0 Å². The van der Waals surface area contributed by atoms with E-state index in [0.29, 0.717) is 11.1 Å². The number of esters is 1. The van der Waals surface area contributed by atoms with Crippen molar-refractivity contribution in [2.75, 3.05) is 14.2 Å². The maximum atomic E-state index is 11.5. The van der Waals surface area contributed by atoms with Gasteiger partial charge in [-0.1, -0.05) is 12.1 Å². The third-order valence-electron chi connectivity index (χ3n) is 2.36. The van der Waals surface area contributed by atoms with Gasteiger partial charge in [-0.2, -0.15) is 0 Å². The highest BCUT2D eigenvalue weighted by molar-refractivity contribution is 6.03. The monoisotopic (exact) mass is 234 g/mol. The molecule has 17 heavy (non-hydrogen) atoms. The lowest BCUT2D eigenvalue weighted by Crippen LogP contribution is -2.08. The Morgan fingerprint density at radius 3 is 2.71 bits per heavy atom. The number of carbonyl (C=O) groups is 1. The summed E-state index contributed by atoms with van der Waals surface area (Å²) in [6, 6.07) is 6.11. The average molecular weight is 234 g/mol. The second-order valence-electron chi connectivity index (χ2n) is 3.31. The van der Waals surface area contributed by atoms with Crippen molar-refractivity contribution in [2.24, 2.45) is 0 Å². The Balaban J connectivity index is 2.86. The zero-order chi connectivity index (χ0) is 12.4. The predicted octanol–water partition coefficient (Wildman–Crippen LogP) is 1.59. The van der Waals surface area contributed by atoms with Gasteiger partial charge in [0.25, 0.3) is 0 Å². The fourth-order valence-electron chi connectivity index (χ4n) is 1.60.